The molecule has 0 aliphatic carbocycles. The van der Waals surface area contributed by atoms with Gasteiger partial charge in [0.1, 0.15) is 0 Å². The zero-order chi connectivity index (χ0) is 7.86. The first-order valence-corrected chi connectivity index (χ1v) is 2.20. The van der Waals surface area contributed by atoms with Crippen molar-refractivity contribution < 1.29 is 15.0 Å². The Morgan fingerprint density at radius 2 is 1.78 bits per heavy atom. The van der Waals surface area contributed by atoms with E-state index in [2.05, 4.69) is 13.2 Å². The monoisotopic (exact) mass is 130 g/mol. The zero-order valence-corrected chi connectivity index (χ0v) is 5.29. The molecule has 0 spiro atoms. The molecule has 52 valence electrons. The minimum Gasteiger partial charge on any atom is -0.516 e. The van der Waals surface area contributed by atoms with Crippen LogP contribution in [0.3, 0.4) is 0 Å². The Morgan fingerprint density at radius 1 is 1.67 bits per heavy atom. The quantitative estimate of drug-likeness (QED) is 0.416. The van der Waals surface area contributed by atoms with Crippen LogP contribution in [-0.4, -0.2) is 16.2 Å². The SMILES string of the molecule is C=C(C)C(=O)O.C=CO. The van der Waals surface area contributed by atoms with E-state index in [4.69, 9.17) is 10.2 Å². The third-order valence-electron chi connectivity index (χ3n) is 0.365. The molecule has 0 aromatic heterocycles. The molecule has 0 fully saturated rings. The Morgan fingerprint density at radius 3 is 1.78 bits per heavy atom. The lowest BCUT2D eigenvalue weighted by Gasteiger charge is -1.79. The molecule has 0 unspecified atom stereocenters. The van der Waals surface area contributed by atoms with Crippen LogP contribution in [0.2, 0.25) is 0 Å². The fourth-order valence-corrected chi connectivity index (χ4v) is 0. The molecule has 0 aromatic rings. The van der Waals surface area contributed by atoms with E-state index in [-0.39, 0.29) is 5.57 Å². The molecular formula is C6H10O3. The Balaban J connectivity index is 0. The molecule has 0 amide bonds. The summed E-state index contributed by atoms with van der Waals surface area (Å²) in [4.78, 5) is 9.60. The average Bonchev–Trinajstić information content (AvgIpc) is 1.68. The number of aliphatic hydroxyl groups is 1. The summed E-state index contributed by atoms with van der Waals surface area (Å²) in [6.45, 7) is 7.52. The Kier molecular flexibility index (Phi) is 8.01. The predicted octanol–water partition coefficient (Wildman–Crippen LogP) is 1.33. The fourth-order valence-electron chi connectivity index (χ4n) is 0. The van der Waals surface area contributed by atoms with Crippen LogP contribution in [0.4, 0.5) is 0 Å². The van der Waals surface area contributed by atoms with Gasteiger partial charge in [-0.2, -0.15) is 0 Å². The summed E-state index contributed by atoms with van der Waals surface area (Å²) < 4.78 is 0. The van der Waals surface area contributed by atoms with E-state index >= 15 is 0 Å². The normalized spacial score (nSPS) is 6.33. The lowest BCUT2D eigenvalue weighted by atomic mass is 10.4. The number of rotatable bonds is 1. The van der Waals surface area contributed by atoms with Crippen LogP contribution < -0.4 is 0 Å². The van der Waals surface area contributed by atoms with E-state index in [1.54, 1.807) is 0 Å². The average molecular weight is 130 g/mol. The molecule has 0 saturated heterocycles. The highest BCUT2D eigenvalue weighted by molar-refractivity contribution is 5.84. The van der Waals surface area contributed by atoms with Crippen LogP contribution >= 0.6 is 0 Å². The van der Waals surface area contributed by atoms with Crippen LogP contribution in [0.15, 0.2) is 25.0 Å². The molecule has 0 rings (SSSR count). The van der Waals surface area contributed by atoms with Gasteiger partial charge in [0.2, 0.25) is 0 Å². The summed E-state index contributed by atoms with van der Waals surface area (Å²) in [5.41, 5.74) is 0.176. The number of hydrogen-bond acceptors (Lipinski definition) is 2. The molecule has 0 bridgehead atoms. The molecule has 3 nitrogen and oxygen atoms in total. The number of hydrogen-bond donors (Lipinski definition) is 2. The maximum absolute atomic E-state index is 9.60. The van der Waals surface area contributed by atoms with Gasteiger partial charge in [0.05, 0.1) is 6.26 Å². The van der Waals surface area contributed by atoms with E-state index in [1.165, 1.54) is 6.92 Å². The molecule has 0 atom stereocenters. The van der Waals surface area contributed by atoms with Crippen LogP contribution in [-0.2, 0) is 4.79 Å². The van der Waals surface area contributed by atoms with Crippen molar-refractivity contribution >= 4 is 5.97 Å². The largest absolute Gasteiger partial charge is 0.516 e. The van der Waals surface area contributed by atoms with Gasteiger partial charge in [0.25, 0.3) is 0 Å². The maximum atomic E-state index is 9.60. The van der Waals surface area contributed by atoms with Crippen molar-refractivity contribution in [1.82, 2.24) is 0 Å². The third kappa shape index (κ3) is 20.1. The minimum atomic E-state index is -0.935. The second kappa shape index (κ2) is 6.75. The first kappa shape index (κ1) is 10.7. The van der Waals surface area contributed by atoms with Crippen molar-refractivity contribution in [3.63, 3.8) is 0 Å². The molecule has 0 heterocycles. The fraction of sp³-hybridized carbons (Fsp3) is 0.167. The Bertz CT molecular complexity index is 103. The smallest absolute Gasteiger partial charge is 0.330 e. The van der Waals surface area contributed by atoms with Gasteiger partial charge in [-0.15, -0.1) is 0 Å². The second-order valence-electron chi connectivity index (χ2n) is 1.27. The van der Waals surface area contributed by atoms with Gasteiger partial charge < -0.3 is 10.2 Å². The van der Waals surface area contributed by atoms with Crippen LogP contribution in [0.5, 0.6) is 0 Å². The molecule has 0 saturated carbocycles. The second-order valence-corrected chi connectivity index (χ2v) is 1.27. The highest BCUT2D eigenvalue weighted by atomic mass is 16.4. The molecule has 0 aliphatic rings. The first-order chi connectivity index (χ1) is 4.06. The molecule has 0 radical (unpaired) electrons. The lowest BCUT2D eigenvalue weighted by molar-refractivity contribution is -0.132. The van der Waals surface area contributed by atoms with E-state index in [0.717, 1.165) is 6.26 Å². The van der Waals surface area contributed by atoms with Crippen molar-refractivity contribution in [2.24, 2.45) is 0 Å². The van der Waals surface area contributed by atoms with Gasteiger partial charge in [-0.25, -0.2) is 4.79 Å². The van der Waals surface area contributed by atoms with Crippen molar-refractivity contribution in [3.05, 3.63) is 25.0 Å². The van der Waals surface area contributed by atoms with E-state index < -0.39 is 5.97 Å². The molecule has 3 heteroatoms. The van der Waals surface area contributed by atoms with E-state index in [1.807, 2.05) is 0 Å². The standard InChI is InChI=1S/C4H6O2.C2H4O/c1-3(2)4(5)6;1-2-3/h1H2,2H3,(H,5,6);2-3H,1H2. The number of carbonyl (C=O) groups is 1. The highest BCUT2D eigenvalue weighted by Gasteiger charge is 1.90. The van der Waals surface area contributed by atoms with Crippen LogP contribution in [0.1, 0.15) is 6.92 Å². The van der Waals surface area contributed by atoms with Crippen molar-refractivity contribution in [3.8, 4) is 0 Å². The number of carboxylic acid groups (broad SMARTS) is 1. The van der Waals surface area contributed by atoms with Crippen molar-refractivity contribution in [2.75, 3.05) is 0 Å². The summed E-state index contributed by atoms with van der Waals surface area (Å²) >= 11 is 0. The Hall–Kier alpha value is -1.25. The van der Waals surface area contributed by atoms with Gasteiger partial charge in [-0.1, -0.05) is 13.2 Å². The molecule has 0 aromatic carbocycles. The minimum absolute atomic E-state index is 0.176. The van der Waals surface area contributed by atoms with Gasteiger partial charge in [-0.05, 0) is 6.92 Å². The van der Waals surface area contributed by atoms with Crippen LogP contribution in [0, 0.1) is 0 Å². The summed E-state index contributed by atoms with van der Waals surface area (Å²) in [5, 5.41) is 15.2. The van der Waals surface area contributed by atoms with Gasteiger partial charge >= 0.3 is 5.97 Å². The topological polar surface area (TPSA) is 57.5 Å². The summed E-state index contributed by atoms with van der Waals surface area (Å²) in [6.07, 6.45) is 0.750. The van der Waals surface area contributed by atoms with Gasteiger partial charge in [-0.3, -0.25) is 0 Å². The number of carboxylic acids is 1. The molecule has 0 aliphatic heterocycles. The number of aliphatic hydroxyl groups excluding tert-OH is 1. The summed E-state index contributed by atoms with van der Waals surface area (Å²) in [6, 6.07) is 0. The summed E-state index contributed by atoms with van der Waals surface area (Å²) in [5.74, 6) is -0.935. The van der Waals surface area contributed by atoms with Crippen molar-refractivity contribution in [2.45, 2.75) is 6.92 Å². The lowest BCUT2D eigenvalue weighted by Crippen LogP contribution is -1.92. The van der Waals surface area contributed by atoms with Crippen molar-refractivity contribution in [1.29, 1.82) is 0 Å². The molecule has 9 heavy (non-hydrogen) atoms. The highest BCUT2D eigenvalue weighted by Crippen LogP contribution is 1.81. The van der Waals surface area contributed by atoms with E-state index in [9.17, 15) is 4.79 Å². The Labute approximate surface area is 53.9 Å². The number of aliphatic carboxylic acids is 1. The first-order valence-electron chi connectivity index (χ1n) is 2.20. The maximum Gasteiger partial charge on any atom is 0.330 e. The van der Waals surface area contributed by atoms with Gasteiger partial charge in [0.15, 0.2) is 0 Å². The van der Waals surface area contributed by atoms with Gasteiger partial charge in [0, 0.05) is 5.57 Å². The third-order valence-corrected chi connectivity index (χ3v) is 0.365. The predicted molar refractivity (Wildman–Crippen MR) is 35.3 cm³/mol. The van der Waals surface area contributed by atoms with Crippen LogP contribution in [0.25, 0.3) is 0 Å². The molecular weight excluding hydrogens is 120 g/mol. The summed E-state index contributed by atoms with van der Waals surface area (Å²) in [7, 11) is 0. The van der Waals surface area contributed by atoms with E-state index in [0.29, 0.717) is 0 Å². The zero-order valence-electron chi connectivity index (χ0n) is 5.29. The molecule has 2 N–H and O–H groups in total.